The topological polar surface area (TPSA) is 99.9 Å². The van der Waals surface area contributed by atoms with Gasteiger partial charge in [-0.3, -0.25) is 0 Å². The molecule has 1 aromatic heterocycles. The first-order chi connectivity index (χ1) is 9.69. The molecule has 0 amide bonds. The zero-order chi connectivity index (χ0) is 14.5. The van der Waals surface area contributed by atoms with Crippen LogP contribution in [-0.4, -0.2) is 27.5 Å². The molecule has 6 nitrogen and oxygen atoms in total. The number of hydrogen-bond donors (Lipinski definition) is 3. The van der Waals surface area contributed by atoms with Gasteiger partial charge >= 0.3 is 0 Å². The Morgan fingerprint density at radius 2 is 2.20 bits per heavy atom. The van der Waals surface area contributed by atoms with Crippen molar-refractivity contribution in [3.8, 4) is 6.07 Å². The molecule has 110 valence electrons. The summed E-state index contributed by atoms with van der Waals surface area (Å²) < 4.78 is 1.65. The van der Waals surface area contributed by atoms with Crippen molar-refractivity contribution in [2.75, 3.05) is 17.6 Å². The molecular formula is C14H23N5O. The molecule has 2 rings (SSSR count). The molecule has 1 fully saturated rings. The number of nitrogen functional groups attached to an aromatic ring is 1. The van der Waals surface area contributed by atoms with Crippen molar-refractivity contribution in [1.29, 1.82) is 5.26 Å². The quantitative estimate of drug-likeness (QED) is 0.731. The minimum atomic E-state index is -0.440. The number of aliphatic hydroxyl groups excluding tert-OH is 1. The highest BCUT2D eigenvalue weighted by atomic mass is 16.3. The van der Waals surface area contributed by atoms with E-state index in [1.54, 1.807) is 4.68 Å². The molecule has 1 heterocycles. The Hall–Kier alpha value is -1.74. The molecule has 20 heavy (non-hydrogen) atoms. The summed E-state index contributed by atoms with van der Waals surface area (Å²) in [4.78, 5) is 0. The van der Waals surface area contributed by atoms with Gasteiger partial charge in [0.15, 0.2) is 5.82 Å². The lowest BCUT2D eigenvalue weighted by Gasteiger charge is -2.21. The van der Waals surface area contributed by atoms with Crippen molar-refractivity contribution in [3.05, 3.63) is 5.56 Å². The molecule has 1 aliphatic rings. The fourth-order valence-corrected chi connectivity index (χ4v) is 2.73. The molecule has 2 unspecified atom stereocenters. The average Bonchev–Trinajstić information content (AvgIpc) is 2.60. The summed E-state index contributed by atoms with van der Waals surface area (Å²) >= 11 is 0. The number of nitrogens with two attached hydrogens (primary N) is 1. The van der Waals surface area contributed by atoms with Crippen molar-refractivity contribution < 1.29 is 5.11 Å². The van der Waals surface area contributed by atoms with Crippen LogP contribution in [0.3, 0.4) is 0 Å². The Morgan fingerprint density at radius 1 is 1.45 bits per heavy atom. The van der Waals surface area contributed by atoms with E-state index in [1.807, 2.05) is 0 Å². The number of hydrogen-bond acceptors (Lipinski definition) is 5. The lowest BCUT2D eigenvalue weighted by atomic mass is 10.1. The van der Waals surface area contributed by atoms with Gasteiger partial charge in [0, 0.05) is 6.54 Å². The number of anilines is 2. The summed E-state index contributed by atoms with van der Waals surface area (Å²) in [5.41, 5.74) is 6.44. The van der Waals surface area contributed by atoms with Crippen molar-refractivity contribution >= 4 is 11.6 Å². The second-order valence-electron chi connectivity index (χ2n) is 5.36. The van der Waals surface area contributed by atoms with Gasteiger partial charge in [-0.2, -0.15) is 10.4 Å². The minimum absolute atomic E-state index is 0.123. The van der Waals surface area contributed by atoms with E-state index in [9.17, 15) is 10.4 Å². The normalized spacial score (nSPS) is 23.1. The van der Waals surface area contributed by atoms with Crippen molar-refractivity contribution in [3.63, 3.8) is 0 Å². The van der Waals surface area contributed by atoms with Crippen LogP contribution in [0.1, 0.15) is 57.1 Å². The zero-order valence-electron chi connectivity index (χ0n) is 12.0. The van der Waals surface area contributed by atoms with Gasteiger partial charge in [-0.05, 0) is 19.3 Å². The Kier molecular flexibility index (Phi) is 4.85. The zero-order valence-corrected chi connectivity index (χ0v) is 12.0. The number of nitrogens with one attached hydrogen (secondary N) is 1. The Bertz CT molecular complexity index is 490. The average molecular weight is 277 g/mol. The third-order valence-corrected chi connectivity index (χ3v) is 3.86. The summed E-state index contributed by atoms with van der Waals surface area (Å²) in [6, 6.07) is 1.99. The van der Waals surface area contributed by atoms with Crippen molar-refractivity contribution in [2.45, 2.75) is 57.6 Å². The molecule has 1 aliphatic carbocycles. The summed E-state index contributed by atoms with van der Waals surface area (Å²) in [5.74, 6) is 0.889. The number of nitriles is 1. The minimum Gasteiger partial charge on any atom is -0.391 e. The van der Waals surface area contributed by atoms with E-state index in [-0.39, 0.29) is 6.04 Å². The summed E-state index contributed by atoms with van der Waals surface area (Å²) in [6.07, 6.45) is 5.34. The number of rotatable bonds is 4. The Balaban J connectivity index is 2.31. The fourth-order valence-electron chi connectivity index (χ4n) is 2.73. The molecule has 0 aliphatic heterocycles. The standard InChI is InChI=1S/C14H23N5O/c1-2-8-17-14-10(9-15)13(16)19(18-14)11-6-4-3-5-7-12(11)20/h11-12,20H,2-8,16H2,1H3,(H,17,18). The lowest BCUT2D eigenvalue weighted by molar-refractivity contribution is 0.100. The van der Waals surface area contributed by atoms with E-state index in [0.717, 1.165) is 45.1 Å². The molecule has 0 spiro atoms. The van der Waals surface area contributed by atoms with Crippen LogP contribution >= 0.6 is 0 Å². The van der Waals surface area contributed by atoms with E-state index >= 15 is 0 Å². The maximum absolute atomic E-state index is 10.3. The second-order valence-corrected chi connectivity index (χ2v) is 5.36. The Morgan fingerprint density at radius 3 is 2.90 bits per heavy atom. The Labute approximate surface area is 119 Å². The van der Waals surface area contributed by atoms with Crippen LogP contribution < -0.4 is 11.1 Å². The SMILES string of the molecule is CCCNc1nn(C2CCCCCC2O)c(N)c1C#N. The maximum atomic E-state index is 10.3. The van der Waals surface area contributed by atoms with Crippen LogP contribution in [-0.2, 0) is 0 Å². The fraction of sp³-hybridized carbons (Fsp3) is 0.714. The molecule has 0 radical (unpaired) electrons. The van der Waals surface area contributed by atoms with Crippen LogP contribution in [0.2, 0.25) is 0 Å². The van der Waals surface area contributed by atoms with Crippen LogP contribution in [0.5, 0.6) is 0 Å². The molecule has 1 saturated carbocycles. The maximum Gasteiger partial charge on any atom is 0.168 e. The molecule has 0 bridgehead atoms. The van der Waals surface area contributed by atoms with Crippen molar-refractivity contribution in [1.82, 2.24) is 9.78 Å². The summed E-state index contributed by atoms with van der Waals surface area (Å²) in [5, 5.41) is 27.1. The van der Waals surface area contributed by atoms with Gasteiger partial charge in [0.1, 0.15) is 17.5 Å². The molecular weight excluding hydrogens is 254 g/mol. The smallest absolute Gasteiger partial charge is 0.168 e. The van der Waals surface area contributed by atoms with Crippen LogP contribution in [0.4, 0.5) is 11.6 Å². The van der Waals surface area contributed by atoms with Crippen LogP contribution in [0.15, 0.2) is 0 Å². The van der Waals surface area contributed by atoms with Gasteiger partial charge in [0.05, 0.1) is 12.1 Å². The monoisotopic (exact) mass is 277 g/mol. The van der Waals surface area contributed by atoms with Gasteiger partial charge in [-0.15, -0.1) is 0 Å². The molecule has 2 atom stereocenters. The van der Waals surface area contributed by atoms with E-state index in [0.29, 0.717) is 17.2 Å². The van der Waals surface area contributed by atoms with E-state index in [2.05, 4.69) is 23.4 Å². The van der Waals surface area contributed by atoms with E-state index in [4.69, 9.17) is 5.73 Å². The first-order valence-corrected chi connectivity index (χ1v) is 7.39. The first-order valence-electron chi connectivity index (χ1n) is 7.39. The van der Waals surface area contributed by atoms with Gasteiger partial charge in [0.2, 0.25) is 0 Å². The predicted molar refractivity (Wildman–Crippen MR) is 78.3 cm³/mol. The summed E-state index contributed by atoms with van der Waals surface area (Å²) in [6.45, 7) is 2.80. The highest BCUT2D eigenvalue weighted by Crippen LogP contribution is 2.32. The molecule has 4 N–H and O–H groups in total. The van der Waals surface area contributed by atoms with Crippen LogP contribution in [0.25, 0.3) is 0 Å². The predicted octanol–water partition coefficient (Wildman–Crippen LogP) is 2.02. The van der Waals surface area contributed by atoms with E-state index < -0.39 is 6.10 Å². The van der Waals surface area contributed by atoms with Gasteiger partial charge in [-0.1, -0.05) is 26.2 Å². The molecule has 0 aromatic carbocycles. The van der Waals surface area contributed by atoms with Crippen LogP contribution in [0, 0.1) is 11.3 Å². The van der Waals surface area contributed by atoms with Crippen molar-refractivity contribution in [2.24, 2.45) is 0 Å². The number of nitrogens with zero attached hydrogens (tertiary/aromatic N) is 3. The van der Waals surface area contributed by atoms with Gasteiger partial charge < -0.3 is 16.2 Å². The highest BCUT2D eigenvalue weighted by molar-refractivity contribution is 5.63. The van der Waals surface area contributed by atoms with E-state index in [1.165, 1.54) is 0 Å². The van der Waals surface area contributed by atoms with Gasteiger partial charge in [-0.25, -0.2) is 4.68 Å². The number of aromatic nitrogens is 2. The number of aliphatic hydroxyl groups is 1. The third kappa shape index (κ3) is 2.88. The molecule has 0 saturated heterocycles. The second kappa shape index (κ2) is 6.62. The third-order valence-electron chi connectivity index (χ3n) is 3.86. The van der Waals surface area contributed by atoms with Gasteiger partial charge in [0.25, 0.3) is 0 Å². The molecule has 6 heteroatoms. The summed E-state index contributed by atoms with van der Waals surface area (Å²) in [7, 11) is 0. The lowest BCUT2D eigenvalue weighted by Crippen LogP contribution is -2.25. The highest BCUT2D eigenvalue weighted by Gasteiger charge is 2.28. The first kappa shape index (κ1) is 14.7. The largest absolute Gasteiger partial charge is 0.391 e. The molecule has 1 aromatic rings.